The average molecular weight is 667 g/mol. The highest BCUT2D eigenvalue weighted by Crippen LogP contribution is 2.30. The topological polar surface area (TPSA) is 124 Å². The highest BCUT2D eigenvalue weighted by Gasteiger charge is 2.15. The van der Waals surface area contributed by atoms with Crippen LogP contribution in [0.15, 0.2) is 97.1 Å². The Hall–Kier alpha value is -5.90. The van der Waals surface area contributed by atoms with Crippen LogP contribution in [0.1, 0.15) is 58.9 Å². The Morgan fingerprint density at radius 1 is 0.673 bits per heavy atom. The Balaban J connectivity index is 1.26. The van der Waals surface area contributed by atoms with Gasteiger partial charge in [-0.05, 0) is 116 Å². The lowest BCUT2D eigenvalue weighted by molar-refractivity contribution is -0.139. The van der Waals surface area contributed by atoms with Crippen molar-refractivity contribution in [1.29, 1.82) is 0 Å². The smallest absolute Gasteiger partial charge is 0.343 e. The molecule has 0 N–H and O–H groups in total. The maximum Gasteiger partial charge on any atom is 0.343 e. The predicted molar refractivity (Wildman–Crippen MR) is 184 cm³/mol. The molecule has 0 spiro atoms. The summed E-state index contributed by atoms with van der Waals surface area (Å²) < 4.78 is 32.0. The molecule has 254 valence electrons. The van der Waals surface area contributed by atoms with E-state index in [1.807, 2.05) is 24.3 Å². The van der Waals surface area contributed by atoms with Crippen LogP contribution >= 0.6 is 0 Å². The van der Waals surface area contributed by atoms with Gasteiger partial charge in [0.25, 0.3) is 0 Å². The van der Waals surface area contributed by atoms with Gasteiger partial charge in [0, 0.05) is 11.6 Å². The second-order valence-corrected chi connectivity index (χ2v) is 11.0. The minimum absolute atomic E-state index is 0.195. The molecule has 0 amide bonds. The third-order valence-electron chi connectivity index (χ3n) is 7.24. The number of hydrogen-bond donors (Lipinski definition) is 0. The number of fused-ring (bicyclic) bond motifs is 1. The lowest BCUT2D eigenvalue weighted by atomic mass is 10.1. The van der Waals surface area contributed by atoms with Gasteiger partial charge in [-0.15, -0.1) is 0 Å². The number of unbranched alkanes of at least 4 members (excludes halogenated alkanes) is 3. The van der Waals surface area contributed by atoms with Gasteiger partial charge in [0.1, 0.15) is 11.5 Å². The minimum Gasteiger partial charge on any atom is -0.494 e. The summed E-state index contributed by atoms with van der Waals surface area (Å²) in [6, 6.07) is 21.8. The quantitative estimate of drug-likeness (QED) is 0.0513. The Kier molecular flexibility index (Phi) is 13.1. The van der Waals surface area contributed by atoms with Crippen LogP contribution in [0.25, 0.3) is 16.8 Å². The normalized spacial score (nSPS) is 10.8. The lowest BCUT2D eigenvalue weighted by Crippen LogP contribution is -2.10. The molecular formula is C39H38O10. The van der Waals surface area contributed by atoms with Crippen molar-refractivity contribution in [3.63, 3.8) is 0 Å². The zero-order valence-electron chi connectivity index (χ0n) is 27.7. The number of esters is 4. The molecule has 4 aromatic carbocycles. The molecule has 4 rings (SSSR count). The SMILES string of the molecule is C=C(C)C(=O)OCCCCCCOc1ccc2cc(C(=O)Oc3ccc(C(=O)Oc4ccc(/C=C/C(=O)OC)cc4OC)cc3)ccc2c1. The second-order valence-electron chi connectivity index (χ2n) is 11.0. The van der Waals surface area contributed by atoms with E-state index in [2.05, 4.69) is 11.3 Å². The molecule has 10 nitrogen and oxygen atoms in total. The average Bonchev–Trinajstić information content (AvgIpc) is 3.11. The molecule has 0 radical (unpaired) electrons. The molecule has 4 aromatic rings. The Morgan fingerprint density at radius 3 is 2.04 bits per heavy atom. The van der Waals surface area contributed by atoms with Gasteiger partial charge in [-0.25, -0.2) is 19.2 Å². The van der Waals surface area contributed by atoms with Crippen molar-refractivity contribution in [2.24, 2.45) is 0 Å². The van der Waals surface area contributed by atoms with Gasteiger partial charge in [-0.1, -0.05) is 24.8 Å². The first-order chi connectivity index (χ1) is 23.7. The molecule has 0 aliphatic rings. The first-order valence-electron chi connectivity index (χ1n) is 15.6. The van der Waals surface area contributed by atoms with Crippen LogP contribution in [0.2, 0.25) is 0 Å². The molecule has 0 bridgehead atoms. The number of carbonyl (C=O) groups is 4. The summed E-state index contributed by atoms with van der Waals surface area (Å²) in [5, 5.41) is 1.77. The van der Waals surface area contributed by atoms with E-state index in [-0.39, 0.29) is 23.0 Å². The van der Waals surface area contributed by atoms with E-state index in [1.54, 1.807) is 43.3 Å². The van der Waals surface area contributed by atoms with E-state index in [9.17, 15) is 19.2 Å². The van der Waals surface area contributed by atoms with Crippen LogP contribution in [0, 0.1) is 0 Å². The van der Waals surface area contributed by atoms with Crippen LogP contribution in [0.5, 0.6) is 23.0 Å². The van der Waals surface area contributed by atoms with E-state index < -0.39 is 17.9 Å². The Morgan fingerprint density at radius 2 is 1.33 bits per heavy atom. The van der Waals surface area contributed by atoms with E-state index in [0.29, 0.717) is 35.7 Å². The zero-order chi connectivity index (χ0) is 35.2. The van der Waals surface area contributed by atoms with Crippen molar-refractivity contribution in [1.82, 2.24) is 0 Å². The molecule has 0 aliphatic carbocycles. The van der Waals surface area contributed by atoms with E-state index >= 15 is 0 Å². The molecule has 0 heterocycles. The summed E-state index contributed by atoms with van der Waals surface area (Å²) in [6.45, 7) is 6.15. The van der Waals surface area contributed by atoms with Crippen LogP contribution in [0.3, 0.4) is 0 Å². The van der Waals surface area contributed by atoms with Gasteiger partial charge < -0.3 is 28.4 Å². The van der Waals surface area contributed by atoms with E-state index in [0.717, 1.165) is 42.2 Å². The standard InChI is InChI=1S/C39H38O10/c1-26(2)37(41)47-22-8-6-5-7-21-46-33-18-15-29-24-31(12-11-30(29)25-33)39(43)48-32-16-13-28(14-17-32)38(42)49-34-19-9-27(23-35(34)44-3)10-20-36(40)45-4/h9-20,23-25H,1,5-8,21-22H2,2-4H3/b20-10+. The summed E-state index contributed by atoms with van der Waals surface area (Å²) in [5.74, 6) is -0.540. The molecule has 0 fully saturated rings. The molecule has 0 aliphatic heterocycles. The number of ether oxygens (including phenoxy) is 6. The highest BCUT2D eigenvalue weighted by molar-refractivity contribution is 5.97. The summed E-state index contributed by atoms with van der Waals surface area (Å²) >= 11 is 0. The zero-order valence-corrected chi connectivity index (χ0v) is 27.7. The van der Waals surface area contributed by atoms with Crippen molar-refractivity contribution in [2.45, 2.75) is 32.6 Å². The molecule has 0 atom stereocenters. The van der Waals surface area contributed by atoms with E-state index in [4.69, 9.17) is 23.7 Å². The molecule has 49 heavy (non-hydrogen) atoms. The minimum atomic E-state index is -0.634. The van der Waals surface area contributed by atoms with Gasteiger partial charge in [-0.3, -0.25) is 0 Å². The monoisotopic (exact) mass is 666 g/mol. The predicted octanol–water partition coefficient (Wildman–Crippen LogP) is 7.53. The maximum absolute atomic E-state index is 12.9. The summed E-state index contributed by atoms with van der Waals surface area (Å²) in [6.07, 6.45) is 6.38. The summed E-state index contributed by atoms with van der Waals surface area (Å²) in [7, 11) is 2.72. The van der Waals surface area contributed by atoms with Crippen LogP contribution in [0.4, 0.5) is 0 Å². The second kappa shape index (κ2) is 17.9. The molecular weight excluding hydrogens is 628 g/mol. The molecule has 0 saturated heterocycles. The van der Waals surface area contributed by atoms with Gasteiger partial charge in [0.15, 0.2) is 11.5 Å². The number of rotatable bonds is 16. The number of hydrogen-bond acceptors (Lipinski definition) is 10. The van der Waals surface area contributed by atoms with Gasteiger partial charge in [0.05, 0.1) is 38.6 Å². The highest BCUT2D eigenvalue weighted by atomic mass is 16.6. The number of methoxy groups -OCH3 is 2. The molecule has 0 saturated carbocycles. The van der Waals surface area contributed by atoms with Crippen LogP contribution < -0.4 is 18.9 Å². The summed E-state index contributed by atoms with van der Waals surface area (Å²) in [4.78, 5) is 48.4. The van der Waals surface area contributed by atoms with Crippen molar-refractivity contribution < 1.29 is 47.6 Å². The number of carbonyl (C=O) groups excluding carboxylic acids is 4. The molecule has 0 unspecified atom stereocenters. The fourth-order valence-corrected chi connectivity index (χ4v) is 4.56. The third kappa shape index (κ3) is 10.8. The fourth-order valence-electron chi connectivity index (χ4n) is 4.56. The van der Waals surface area contributed by atoms with E-state index in [1.165, 1.54) is 44.6 Å². The Labute approximate surface area is 284 Å². The largest absolute Gasteiger partial charge is 0.494 e. The van der Waals surface area contributed by atoms with Gasteiger partial charge >= 0.3 is 23.9 Å². The van der Waals surface area contributed by atoms with Gasteiger partial charge in [0.2, 0.25) is 0 Å². The number of benzene rings is 4. The molecule has 10 heteroatoms. The Bertz CT molecular complexity index is 1840. The molecule has 0 aromatic heterocycles. The van der Waals surface area contributed by atoms with Crippen molar-refractivity contribution in [3.8, 4) is 23.0 Å². The van der Waals surface area contributed by atoms with Crippen LogP contribution in [-0.4, -0.2) is 51.3 Å². The first kappa shape index (κ1) is 35.9. The van der Waals surface area contributed by atoms with Crippen LogP contribution in [-0.2, 0) is 19.1 Å². The fraction of sp³-hybridized carbons (Fsp3) is 0.231. The van der Waals surface area contributed by atoms with Crippen molar-refractivity contribution in [3.05, 3.63) is 114 Å². The summed E-state index contributed by atoms with van der Waals surface area (Å²) in [5.41, 5.74) is 1.66. The maximum atomic E-state index is 12.9. The van der Waals surface area contributed by atoms with Gasteiger partial charge in [-0.2, -0.15) is 0 Å². The van der Waals surface area contributed by atoms with Crippen molar-refractivity contribution in [2.75, 3.05) is 27.4 Å². The first-order valence-corrected chi connectivity index (χ1v) is 15.6. The van der Waals surface area contributed by atoms with Crippen molar-refractivity contribution >= 4 is 40.7 Å². The lowest BCUT2D eigenvalue weighted by Gasteiger charge is -2.11. The third-order valence-corrected chi connectivity index (χ3v) is 7.24.